The minimum absolute atomic E-state index is 0.0968. The van der Waals surface area contributed by atoms with E-state index < -0.39 is 10.8 Å². The summed E-state index contributed by atoms with van der Waals surface area (Å²) >= 11 is 0. The molecule has 1 aliphatic heterocycles. The Kier molecular flexibility index (Phi) is 4.35. The van der Waals surface area contributed by atoms with Crippen molar-refractivity contribution >= 4 is 10.8 Å². The van der Waals surface area contributed by atoms with E-state index in [-0.39, 0.29) is 11.4 Å². The fraction of sp³-hybridized carbons (Fsp3) is 1.00. The van der Waals surface area contributed by atoms with Crippen LogP contribution in [0.1, 0.15) is 26.7 Å². The lowest BCUT2D eigenvalue weighted by Crippen LogP contribution is -2.28. The number of hydrogen-bond donors (Lipinski definition) is 1. The zero-order valence-electron chi connectivity index (χ0n) is 8.36. The topological polar surface area (TPSA) is 52.3 Å². The predicted molar refractivity (Wildman–Crippen MR) is 55.1 cm³/mol. The van der Waals surface area contributed by atoms with Crippen molar-refractivity contribution in [3.63, 3.8) is 0 Å². The van der Waals surface area contributed by atoms with Crippen LogP contribution in [-0.4, -0.2) is 34.0 Å². The zero-order valence-corrected chi connectivity index (χ0v) is 9.18. The van der Waals surface area contributed by atoms with E-state index >= 15 is 0 Å². The van der Waals surface area contributed by atoms with Crippen LogP contribution in [0.3, 0.4) is 0 Å². The number of ether oxygens (including phenoxy) is 1. The molecule has 0 aromatic rings. The molecule has 3 nitrogen and oxygen atoms in total. The Morgan fingerprint density at radius 3 is 2.77 bits per heavy atom. The first kappa shape index (κ1) is 11.1. The van der Waals surface area contributed by atoms with Crippen molar-refractivity contribution in [1.29, 1.82) is 0 Å². The highest BCUT2D eigenvalue weighted by Crippen LogP contribution is 2.20. The first-order valence-corrected chi connectivity index (χ1v) is 6.24. The van der Waals surface area contributed by atoms with Gasteiger partial charge in [0, 0.05) is 22.6 Å². The lowest BCUT2D eigenvalue weighted by molar-refractivity contribution is 0.0694. The van der Waals surface area contributed by atoms with Crippen LogP contribution in [-0.2, 0) is 15.5 Å². The molecular formula is C9H19NO2S. The van der Waals surface area contributed by atoms with E-state index in [2.05, 4.69) is 6.92 Å². The van der Waals surface area contributed by atoms with Crippen molar-refractivity contribution in [2.24, 2.45) is 5.73 Å². The van der Waals surface area contributed by atoms with Crippen LogP contribution < -0.4 is 5.73 Å². The van der Waals surface area contributed by atoms with Gasteiger partial charge in [-0.05, 0) is 26.7 Å². The third kappa shape index (κ3) is 3.37. The Morgan fingerprint density at radius 2 is 2.31 bits per heavy atom. The average molecular weight is 205 g/mol. The summed E-state index contributed by atoms with van der Waals surface area (Å²) in [5, 5.41) is 0.0968. The Bertz CT molecular complexity index is 186. The lowest BCUT2D eigenvalue weighted by Gasteiger charge is -2.13. The van der Waals surface area contributed by atoms with Crippen molar-refractivity contribution < 1.29 is 8.95 Å². The highest BCUT2D eigenvalue weighted by molar-refractivity contribution is 7.85. The lowest BCUT2D eigenvalue weighted by atomic mass is 10.2. The minimum atomic E-state index is -0.820. The second kappa shape index (κ2) is 5.08. The molecule has 0 spiro atoms. The number of hydrogen-bond acceptors (Lipinski definition) is 3. The highest BCUT2D eigenvalue weighted by Gasteiger charge is 2.24. The molecule has 0 aromatic carbocycles. The molecule has 78 valence electrons. The SMILES string of the molecule is CC1CCC(CS(=O)C(C)CN)O1. The van der Waals surface area contributed by atoms with Crippen molar-refractivity contribution in [1.82, 2.24) is 0 Å². The molecule has 4 heteroatoms. The molecule has 0 aliphatic carbocycles. The maximum absolute atomic E-state index is 11.6. The fourth-order valence-corrected chi connectivity index (χ4v) is 2.62. The molecular weight excluding hydrogens is 186 g/mol. The van der Waals surface area contributed by atoms with Crippen molar-refractivity contribution in [2.45, 2.75) is 44.1 Å². The molecule has 0 aromatic heterocycles. The molecule has 2 N–H and O–H groups in total. The van der Waals surface area contributed by atoms with E-state index in [4.69, 9.17) is 10.5 Å². The maximum Gasteiger partial charge on any atom is 0.0695 e. The van der Waals surface area contributed by atoms with E-state index in [1.54, 1.807) is 0 Å². The second-order valence-corrected chi connectivity index (χ2v) is 5.64. The predicted octanol–water partition coefficient (Wildman–Crippen LogP) is 0.650. The van der Waals surface area contributed by atoms with Crippen molar-refractivity contribution in [2.75, 3.05) is 12.3 Å². The Balaban J connectivity index is 2.28. The molecule has 4 atom stereocenters. The zero-order chi connectivity index (χ0) is 9.84. The summed E-state index contributed by atoms with van der Waals surface area (Å²) < 4.78 is 17.2. The highest BCUT2D eigenvalue weighted by atomic mass is 32.2. The Labute approximate surface area is 82.5 Å². The van der Waals surface area contributed by atoms with E-state index in [1.165, 1.54) is 0 Å². The van der Waals surface area contributed by atoms with E-state index in [9.17, 15) is 4.21 Å². The van der Waals surface area contributed by atoms with Gasteiger partial charge in [-0.25, -0.2) is 0 Å². The van der Waals surface area contributed by atoms with Gasteiger partial charge >= 0.3 is 0 Å². The molecule has 0 bridgehead atoms. The summed E-state index contributed by atoms with van der Waals surface area (Å²) in [4.78, 5) is 0. The summed E-state index contributed by atoms with van der Waals surface area (Å²) in [5.41, 5.74) is 5.44. The third-order valence-electron chi connectivity index (χ3n) is 2.45. The molecule has 4 unspecified atom stereocenters. The van der Waals surface area contributed by atoms with Gasteiger partial charge in [0.2, 0.25) is 0 Å². The van der Waals surface area contributed by atoms with Crippen LogP contribution in [0.15, 0.2) is 0 Å². The van der Waals surface area contributed by atoms with Gasteiger partial charge in [-0.15, -0.1) is 0 Å². The van der Waals surface area contributed by atoms with Crippen LogP contribution in [0.2, 0.25) is 0 Å². The third-order valence-corrected chi connectivity index (χ3v) is 4.24. The summed E-state index contributed by atoms with van der Waals surface area (Å²) in [5.74, 6) is 0.655. The van der Waals surface area contributed by atoms with Gasteiger partial charge in [-0.1, -0.05) is 0 Å². The van der Waals surface area contributed by atoms with Crippen LogP contribution in [0.5, 0.6) is 0 Å². The summed E-state index contributed by atoms with van der Waals surface area (Å²) in [6.07, 6.45) is 2.68. The van der Waals surface area contributed by atoms with Gasteiger partial charge in [0.15, 0.2) is 0 Å². The summed E-state index contributed by atoms with van der Waals surface area (Å²) in [6.45, 7) is 4.48. The van der Waals surface area contributed by atoms with Crippen LogP contribution in [0.4, 0.5) is 0 Å². The molecule has 1 saturated heterocycles. The summed E-state index contributed by atoms with van der Waals surface area (Å²) in [6, 6.07) is 0. The Hall–Kier alpha value is 0.0700. The van der Waals surface area contributed by atoms with Crippen LogP contribution >= 0.6 is 0 Å². The minimum Gasteiger partial charge on any atom is -0.374 e. The first-order chi connectivity index (χ1) is 6.13. The van der Waals surface area contributed by atoms with Crippen molar-refractivity contribution in [3.8, 4) is 0 Å². The normalized spacial score (nSPS) is 33.2. The monoisotopic (exact) mass is 205 g/mol. The summed E-state index contributed by atoms with van der Waals surface area (Å²) in [7, 11) is -0.820. The second-order valence-electron chi connectivity index (χ2n) is 3.74. The van der Waals surface area contributed by atoms with Crippen LogP contribution in [0, 0.1) is 0 Å². The molecule has 1 fully saturated rings. The van der Waals surface area contributed by atoms with Crippen molar-refractivity contribution in [3.05, 3.63) is 0 Å². The average Bonchev–Trinajstić information content (AvgIpc) is 2.49. The molecule has 0 radical (unpaired) electrons. The van der Waals surface area contributed by atoms with Gasteiger partial charge < -0.3 is 10.5 Å². The standard InChI is InChI=1S/C9H19NO2S/c1-7-3-4-9(12-7)6-13(11)8(2)5-10/h7-9H,3-6,10H2,1-2H3. The molecule has 1 aliphatic rings. The van der Waals surface area contributed by atoms with Gasteiger partial charge in [0.25, 0.3) is 0 Å². The van der Waals surface area contributed by atoms with Gasteiger partial charge in [-0.3, -0.25) is 4.21 Å². The maximum atomic E-state index is 11.6. The smallest absolute Gasteiger partial charge is 0.0695 e. The molecule has 1 heterocycles. The quantitative estimate of drug-likeness (QED) is 0.733. The van der Waals surface area contributed by atoms with E-state index in [0.29, 0.717) is 18.4 Å². The van der Waals surface area contributed by atoms with E-state index in [0.717, 1.165) is 12.8 Å². The number of rotatable bonds is 4. The molecule has 1 rings (SSSR count). The van der Waals surface area contributed by atoms with Gasteiger partial charge in [-0.2, -0.15) is 0 Å². The molecule has 0 saturated carbocycles. The van der Waals surface area contributed by atoms with Gasteiger partial charge in [0.05, 0.1) is 18.0 Å². The van der Waals surface area contributed by atoms with Gasteiger partial charge in [0.1, 0.15) is 0 Å². The molecule has 0 amide bonds. The van der Waals surface area contributed by atoms with Crippen LogP contribution in [0.25, 0.3) is 0 Å². The first-order valence-electron chi connectivity index (χ1n) is 4.86. The number of nitrogens with two attached hydrogens (primary N) is 1. The largest absolute Gasteiger partial charge is 0.374 e. The van der Waals surface area contributed by atoms with E-state index in [1.807, 2.05) is 6.92 Å². The molecule has 13 heavy (non-hydrogen) atoms. The fourth-order valence-electron chi connectivity index (χ4n) is 1.46. The Morgan fingerprint density at radius 1 is 1.62 bits per heavy atom.